The first-order chi connectivity index (χ1) is 15.9. The number of piperidine rings is 1. The van der Waals surface area contributed by atoms with Gasteiger partial charge in [-0.3, -0.25) is 0 Å². The van der Waals surface area contributed by atoms with Crippen LogP contribution in [0.3, 0.4) is 0 Å². The van der Waals surface area contributed by atoms with Crippen LogP contribution in [0.1, 0.15) is 12.8 Å². The summed E-state index contributed by atoms with van der Waals surface area (Å²) in [4.78, 5) is 0.369. The Morgan fingerprint density at radius 3 is 2.45 bits per heavy atom. The SMILES string of the molecule is O=S(=O)(c1cccc2ccccc12)N1CCC(CNC[C@H](O)COc2ccc(O)cc2)CC1. The number of benzene rings is 3. The minimum absolute atomic E-state index is 0.152. The van der Waals surface area contributed by atoms with E-state index in [1.807, 2.05) is 30.3 Å². The van der Waals surface area contributed by atoms with Crippen LogP contribution in [0.5, 0.6) is 11.5 Å². The first kappa shape index (κ1) is 23.5. The maximum atomic E-state index is 13.3. The quantitative estimate of drug-likeness (QED) is 0.445. The smallest absolute Gasteiger partial charge is 0.243 e. The van der Waals surface area contributed by atoms with Gasteiger partial charge in [-0.15, -0.1) is 0 Å². The lowest BCUT2D eigenvalue weighted by Gasteiger charge is -2.31. The van der Waals surface area contributed by atoms with E-state index in [0.717, 1.165) is 30.2 Å². The highest BCUT2D eigenvalue weighted by Crippen LogP contribution is 2.28. The van der Waals surface area contributed by atoms with Gasteiger partial charge in [-0.25, -0.2) is 8.42 Å². The van der Waals surface area contributed by atoms with E-state index in [2.05, 4.69) is 5.32 Å². The van der Waals surface area contributed by atoms with Crippen molar-refractivity contribution in [2.75, 3.05) is 32.8 Å². The fourth-order valence-electron chi connectivity index (χ4n) is 4.16. The third-order valence-electron chi connectivity index (χ3n) is 6.03. The number of aliphatic hydroxyl groups is 1. The van der Waals surface area contributed by atoms with E-state index in [1.165, 1.54) is 12.1 Å². The van der Waals surface area contributed by atoms with Crippen molar-refractivity contribution in [3.8, 4) is 11.5 Å². The number of ether oxygens (including phenoxy) is 1. The van der Waals surface area contributed by atoms with Crippen LogP contribution in [0.15, 0.2) is 71.6 Å². The Bertz CT molecular complexity index is 1150. The summed E-state index contributed by atoms with van der Waals surface area (Å²) in [5.41, 5.74) is 0. The Labute approximate surface area is 194 Å². The van der Waals surface area contributed by atoms with Crippen molar-refractivity contribution in [1.82, 2.24) is 9.62 Å². The lowest BCUT2D eigenvalue weighted by molar-refractivity contribution is 0.104. The molecular formula is C25H30N2O5S. The lowest BCUT2D eigenvalue weighted by atomic mass is 9.98. The molecule has 3 aromatic rings. The third kappa shape index (κ3) is 5.83. The van der Waals surface area contributed by atoms with Crippen LogP contribution >= 0.6 is 0 Å². The predicted octanol–water partition coefficient (Wildman–Crippen LogP) is 2.98. The summed E-state index contributed by atoms with van der Waals surface area (Å²) in [6, 6.07) is 19.3. The second-order valence-electron chi connectivity index (χ2n) is 8.44. The van der Waals surface area contributed by atoms with Crippen LogP contribution in [0.2, 0.25) is 0 Å². The van der Waals surface area contributed by atoms with E-state index in [0.29, 0.717) is 36.2 Å². The van der Waals surface area contributed by atoms with Crippen molar-refractivity contribution in [3.05, 3.63) is 66.7 Å². The molecule has 0 aliphatic carbocycles. The molecule has 0 bridgehead atoms. The maximum Gasteiger partial charge on any atom is 0.243 e. The van der Waals surface area contributed by atoms with Gasteiger partial charge in [-0.05, 0) is 61.0 Å². The molecule has 7 nitrogen and oxygen atoms in total. The second-order valence-corrected chi connectivity index (χ2v) is 10.3. The molecule has 1 aliphatic heterocycles. The number of phenolic OH excluding ortho intramolecular Hbond substituents is 1. The van der Waals surface area contributed by atoms with Gasteiger partial charge < -0.3 is 20.3 Å². The summed E-state index contributed by atoms with van der Waals surface area (Å²) in [5.74, 6) is 1.11. The van der Waals surface area contributed by atoms with Crippen LogP contribution in [-0.2, 0) is 10.0 Å². The second kappa shape index (κ2) is 10.5. The molecule has 176 valence electrons. The van der Waals surface area contributed by atoms with Gasteiger partial charge in [0, 0.05) is 25.0 Å². The molecule has 0 spiro atoms. The molecule has 3 N–H and O–H groups in total. The van der Waals surface area contributed by atoms with E-state index in [9.17, 15) is 18.6 Å². The van der Waals surface area contributed by atoms with Crippen molar-refractivity contribution in [1.29, 1.82) is 0 Å². The van der Waals surface area contributed by atoms with Crippen LogP contribution in [0, 0.1) is 5.92 Å². The van der Waals surface area contributed by atoms with Gasteiger partial charge in [0.1, 0.15) is 24.2 Å². The normalized spacial score (nSPS) is 16.6. The maximum absolute atomic E-state index is 13.3. The van der Waals surface area contributed by atoms with Gasteiger partial charge in [-0.2, -0.15) is 4.31 Å². The van der Waals surface area contributed by atoms with Crippen molar-refractivity contribution in [2.45, 2.75) is 23.8 Å². The fraction of sp³-hybridized carbons (Fsp3) is 0.360. The average molecular weight is 471 g/mol. The number of nitrogens with one attached hydrogen (secondary N) is 1. The number of rotatable bonds is 9. The number of sulfonamides is 1. The largest absolute Gasteiger partial charge is 0.508 e. The minimum atomic E-state index is -3.54. The molecule has 1 fully saturated rings. The Morgan fingerprint density at radius 1 is 1.00 bits per heavy atom. The highest BCUT2D eigenvalue weighted by atomic mass is 32.2. The van der Waals surface area contributed by atoms with Crippen molar-refractivity contribution < 1.29 is 23.4 Å². The zero-order chi connectivity index (χ0) is 23.3. The van der Waals surface area contributed by atoms with E-state index >= 15 is 0 Å². The number of hydrogen-bond acceptors (Lipinski definition) is 6. The van der Waals surface area contributed by atoms with Crippen molar-refractivity contribution >= 4 is 20.8 Å². The summed E-state index contributed by atoms with van der Waals surface area (Å²) >= 11 is 0. The first-order valence-electron chi connectivity index (χ1n) is 11.2. The molecule has 0 unspecified atom stereocenters. The number of aromatic hydroxyl groups is 1. The molecule has 1 aliphatic rings. The Kier molecular flexibility index (Phi) is 7.49. The minimum Gasteiger partial charge on any atom is -0.508 e. The molecule has 33 heavy (non-hydrogen) atoms. The highest BCUT2D eigenvalue weighted by molar-refractivity contribution is 7.89. The molecule has 8 heteroatoms. The first-order valence-corrected chi connectivity index (χ1v) is 12.7. The molecule has 0 amide bonds. The Morgan fingerprint density at radius 2 is 1.70 bits per heavy atom. The number of phenols is 1. The fourth-order valence-corrected chi connectivity index (χ4v) is 5.85. The van der Waals surface area contributed by atoms with Gasteiger partial charge in [-0.1, -0.05) is 36.4 Å². The molecule has 4 rings (SSSR count). The third-order valence-corrected chi connectivity index (χ3v) is 7.99. The summed E-state index contributed by atoms with van der Waals surface area (Å²) in [6.07, 6.45) is 0.888. The van der Waals surface area contributed by atoms with Gasteiger partial charge in [0.15, 0.2) is 0 Å². The predicted molar refractivity (Wildman–Crippen MR) is 128 cm³/mol. The average Bonchev–Trinajstić information content (AvgIpc) is 2.83. The number of hydrogen-bond donors (Lipinski definition) is 3. The topological polar surface area (TPSA) is 99.1 Å². The molecule has 0 aromatic heterocycles. The zero-order valence-corrected chi connectivity index (χ0v) is 19.2. The lowest BCUT2D eigenvalue weighted by Crippen LogP contribution is -2.42. The molecular weight excluding hydrogens is 440 g/mol. The van der Waals surface area contributed by atoms with Gasteiger partial charge in [0.05, 0.1) is 4.90 Å². The van der Waals surface area contributed by atoms with Gasteiger partial charge in [0.25, 0.3) is 0 Å². The van der Waals surface area contributed by atoms with Crippen LogP contribution in [0.25, 0.3) is 10.8 Å². The summed E-state index contributed by atoms with van der Waals surface area (Å²) in [5, 5.41) is 24.4. The Hall–Kier alpha value is -2.65. The van der Waals surface area contributed by atoms with Crippen LogP contribution in [0.4, 0.5) is 0 Å². The van der Waals surface area contributed by atoms with Crippen LogP contribution in [-0.4, -0.2) is 61.8 Å². The van der Waals surface area contributed by atoms with Gasteiger partial charge in [0.2, 0.25) is 10.0 Å². The standard InChI is InChI=1S/C25H30N2O5S/c28-21-8-10-23(11-9-21)32-18-22(29)17-26-16-19-12-14-27(15-13-19)33(30,31)25-7-3-5-20-4-1-2-6-24(20)25/h1-11,19,22,26,28-29H,12-18H2/t22-/m0/s1. The van der Waals surface area contributed by atoms with E-state index in [1.54, 1.807) is 28.6 Å². The summed E-state index contributed by atoms with van der Waals surface area (Å²) in [6.45, 7) is 2.25. The van der Waals surface area contributed by atoms with Gasteiger partial charge >= 0.3 is 0 Å². The number of aliphatic hydroxyl groups excluding tert-OH is 1. The molecule has 1 saturated heterocycles. The molecule has 1 heterocycles. The van der Waals surface area contributed by atoms with Crippen molar-refractivity contribution in [3.63, 3.8) is 0 Å². The summed E-state index contributed by atoms with van der Waals surface area (Å²) in [7, 11) is -3.54. The zero-order valence-electron chi connectivity index (χ0n) is 18.4. The monoisotopic (exact) mass is 470 g/mol. The molecule has 0 saturated carbocycles. The van der Waals surface area contributed by atoms with E-state index in [4.69, 9.17) is 4.74 Å². The van der Waals surface area contributed by atoms with Crippen LogP contribution < -0.4 is 10.1 Å². The summed E-state index contributed by atoms with van der Waals surface area (Å²) < 4.78 is 33.6. The molecule has 3 aromatic carbocycles. The Balaban J connectivity index is 1.23. The van der Waals surface area contributed by atoms with E-state index < -0.39 is 16.1 Å². The van der Waals surface area contributed by atoms with Crippen molar-refractivity contribution in [2.24, 2.45) is 5.92 Å². The number of nitrogens with zero attached hydrogens (tertiary/aromatic N) is 1. The molecule has 1 atom stereocenters. The molecule has 0 radical (unpaired) electrons. The van der Waals surface area contributed by atoms with E-state index in [-0.39, 0.29) is 12.4 Å². The highest BCUT2D eigenvalue weighted by Gasteiger charge is 2.30. The number of fused-ring (bicyclic) bond motifs is 1.